The number of nitrogens with one attached hydrogen (secondary N) is 1. The van der Waals surface area contributed by atoms with Gasteiger partial charge in [0.25, 0.3) is 0 Å². The molecule has 1 unspecified atom stereocenters. The molecule has 0 aliphatic carbocycles. The highest BCUT2D eigenvalue weighted by atomic mass is 16.5. The van der Waals surface area contributed by atoms with E-state index in [9.17, 15) is 0 Å². The van der Waals surface area contributed by atoms with Crippen LogP contribution in [0, 0.1) is 0 Å². The Balaban J connectivity index is 3.10. The van der Waals surface area contributed by atoms with E-state index in [0.29, 0.717) is 19.3 Å². The summed E-state index contributed by atoms with van der Waals surface area (Å²) < 4.78 is 10.2. The third-order valence-electron chi connectivity index (χ3n) is 1.81. The smallest absolute Gasteiger partial charge is 0.0700 e. The number of methoxy groups -OCH3 is 1. The Labute approximate surface area is 87.6 Å². The topological polar surface area (TPSA) is 33.7 Å². The van der Waals surface area contributed by atoms with Crippen LogP contribution in [0.15, 0.2) is 0 Å². The third kappa shape index (κ3) is 9.92. The molecule has 0 aromatic carbocycles. The van der Waals surface area contributed by atoms with Crippen LogP contribution < -0.4 is 5.32 Å². The van der Waals surface area contributed by atoms with Crippen LogP contribution in [0.1, 0.15) is 6.92 Å². The van der Waals surface area contributed by atoms with Gasteiger partial charge in [0.1, 0.15) is 0 Å². The zero-order valence-electron chi connectivity index (χ0n) is 9.88. The molecule has 0 aromatic heterocycles. The fraction of sp³-hybridized carbons (Fsp3) is 1.00. The SMILES string of the molecule is COCCOCCNC(C)CN(C)C. The van der Waals surface area contributed by atoms with Crippen molar-refractivity contribution < 1.29 is 9.47 Å². The Morgan fingerprint density at radius 3 is 2.50 bits per heavy atom. The highest BCUT2D eigenvalue weighted by Crippen LogP contribution is 1.84. The summed E-state index contributed by atoms with van der Waals surface area (Å²) >= 11 is 0. The molecule has 0 radical (unpaired) electrons. The summed E-state index contributed by atoms with van der Waals surface area (Å²) in [7, 11) is 5.83. The zero-order chi connectivity index (χ0) is 10.8. The maximum atomic E-state index is 5.33. The molecule has 14 heavy (non-hydrogen) atoms. The lowest BCUT2D eigenvalue weighted by Gasteiger charge is -2.18. The van der Waals surface area contributed by atoms with Gasteiger partial charge in [-0.1, -0.05) is 0 Å². The molecular weight excluding hydrogens is 180 g/mol. The molecule has 86 valence electrons. The monoisotopic (exact) mass is 204 g/mol. The first kappa shape index (κ1) is 13.8. The second-order valence-corrected chi connectivity index (χ2v) is 3.72. The van der Waals surface area contributed by atoms with Crippen LogP contribution in [0.5, 0.6) is 0 Å². The van der Waals surface area contributed by atoms with Crippen LogP contribution in [-0.4, -0.2) is 65.1 Å². The van der Waals surface area contributed by atoms with Crippen LogP contribution in [0.4, 0.5) is 0 Å². The Bertz CT molecular complexity index is 121. The fourth-order valence-corrected chi connectivity index (χ4v) is 1.23. The molecule has 4 heteroatoms. The largest absolute Gasteiger partial charge is 0.382 e. The first-order chi connectivity index (χ1) is 6.66. The van der Waals surface area contributed by atoms with Gasteiger partial charge in [0, 0.05) is 26.2 Å². The maximum absolute atomic E-state index is 5.33. The Morgan fingerprint density at radius 1 is 1.21 bits per heavy atom. The standard InChI is InChI=1S/C10H24N2O2/c1-10(9-12(2)3)11-5-6-14-8-7-13-4/h10-11H,5-9H2,1-4H3. The zero-order valence-corrected chi connectivity index (χ0v) is 9.88. The van der Waals surface area contributed by atoms with Crippen molar-refractivity contribution in [2.45, 2.75) is 13.0 Å². The molecule has 1 atom stereocenters. The highest BCUT2D eigenvalue weighted by Gasteiger charge is 2.01. The minimum atomic E-state index is 0.510. The molecule has 0 fully saturated rings. The van der Waals surface area contributed by atoms with Gasteiger partial charge in [-0.2, -0.15) is 0 Å². The van der Waals surface area contributed by atoms with E-state index in [-0.39, 0.29) is 0 Å². The molecule has 0 saturated carbocycles. The first-order valence-electron chi connectivity index (χ1n) is 5.11. The Kier molecular flexibility index (Phi) is 9.29. The summed E-state index contributed by atoms with van der Waals surface area (Å²) in [5.74, 6) is 0. The van der Waals surface area contributed by atoms with Crippen molar-refractivity contribution in [3.05, 3.63) is 0 Å². The van der Waals surface area contributed by atoms with Crippen LogP contribution in [0.25, 0.3) is 0 Å². The lowest BCUT2D eigenvalue weighted by molar-refractivity contribution is 0.0709. The van der Waals surface area contributed by atoms with E-state index in [1.54, 1.807) is 7.11 Å². The van der Waals surface area contributed by atoms with E-state index in [4.69, 9.17) is 9.47 Å². The molecule has 0 aromatic rings. The van der Waals surface area contributed by atoms with Gasteiger partial charge in [-0.25, -0.2) is 0 Å². The van der Waals surface area contributed by atoms with Crippen molar-refractivity contribution in [3.8, 4) is 0 Å². The van der Waals surface area contributed by atoms with Crippen molar-refractivity contribution in [2.24, 2.45) is 0 Å². The molecule has 0 heterocycles. The van der Waals surface area contributed by atoms with Crippen molar-refractivity contribution >= 4 is 0 Å². The van der Waals surface area contributed by atoms with Gasteiger partial charge in [0.05, 0.1) is 19.8 Å². The van der Waals surface area contributed by atoms with Gasteiger partial charge in [-0.3, -0.25) is 0 Å². The van der Waals surface area contributed by atoms with Crippen LogP contribution in [0.3, 0.4) is 0 Å². The average Bonchev–Trinajstić information content (AvgIpc) is 2.10. The average molecular weight is 204 g/mol. The maximum Gasteiger partial charge on any atom is 0.0700 e. The normalized spacial score (nSPS) is 13.5. The molecule has 0 spiro atoms. The molecule has 4 nitrogen and oxygen atoms in total. The van der Waals surface area contributed by atoms with E-state index in [1.807, 2.05) is 0 Å². The summed E-state index contributed by atoms with van der Waals surface area (Å²) in [6.07, 6.45) is 0. The van der Waals surface area contributed by atoms with Gasteiger partial charge in [-0.05, 0) is 21.0 Å². The quantitative estimate of drug-likeness (QED) is 0.544. The Morgan fingerprint density at radius 2 is 1.93 bits per heavy atom. The predicted molar refractivity (Wildman–Crippen MR) is 58.7 cm³/mol. The molecule has 0 aliphatic heterocycles. The van der Waals surface area contributed by atoms with Gasteiger partial charge >= 0.3 is 0 Å². The van der Waals surface area contributed by atoms with E-state index in [1.165, 1.54) is 0 Å². The number of ether oxygens (including phenoxy) is 2. The number of nitrogens with zero attached hydrogens (tertiary/aromatic N) is 1. The highest BCUT2D eigenvalue weighted by molar-refractivity contribution is 4.62. The summed E-state index contributed by atoms with van der Waals surface area (Å²) in [4.78, 5) is 2.17. The number of likely N-dealkylation sites (N-methyl/N-ethyl adjacent to an activating group) is 1. The molecule has 0 bridgehead atoms. The van der Waals surface area contributed by atoms with Gasteiger partial charge in [-0.15, -0.1) is 0 Å². The molecular formula is C10H24N2O2. The molecule has 0 aliphatic rings. The molecule has 0 saturated heterocycles. The lowest BCUT2D eigenvalue weighted by atomic mass is 10.3. The number of rotatable bonds is 9. The van der Waals surface area contributed by atoms with E-state index in [2.05, 4.69) is 31.2 Å². The van der Waals surface area contributed by atoms with Crippen LogP contribution in [-0.2, 0) is 9.47 Å². The number of hydrogen-bond acceptors (Lipinski definition) is 4. The third-order valence-corrected chi connectivity index (χ3v) is 1.81. The van der Waals surface area contributed by atoms with Crippen molar-refractivity contribution in [3.63, 3.8) is 0 Å². The van der Waals surface area contributed by atoms with Crippen molar-refractivity contribution in [1.82, 2.24) is 10.2 Å². The van der Waals surface area contributed by atoms with Gasteiger partial charge in [0.2, 0.25) is 0 Å². The van der Waals surface area contributed by atoms with Crippen LogP contribution >= 0.6 is 0 Å². The summed E-state index contributed by atoms with van der Waals surface area (Å²) in [5.41, 5.74) is 0. The van der Waals surface area contributed by atoms with Crippen LogP contribution in [0.2, 0.25) is 0 Å². The van der Waals surface area contributed by atoms with Gasteiger partial charge in [0.15, 0.2) is 0 Å². The molecule has 0 rings (SSSR count). The second kappa shape index (κ2) is 9.40. The van der Waals surface area contributed by atoms with E-state index < -0.39 is 0 Å². The molecule has 1 N–H and O–H groups in total. The second-order valence-electron chi connectivity index (χ2n) is 3.72. The number of hydrogen-bond donors (Lipinski definition) is 1. The van der Waals surface area contributed by atoms with E-state index in [0.717, 1.165) is 19.7 Å². The Hall–Kier alpha value is -0.160. The summed E-state index contributed by atoms with van der Waals surface area (Å²) in [6, 6.07) is 0.510. The lowest BCUT2D eigenvalue weighted by Crippen LogP contribution is -2.37. The summed E-state index contributed by atoms with van der Waals surface area (Å²) in [6.45, 7) is 6.24. The van der Waals surface area contributed by atoms with Crippen molar-refractivity contribution in [1.29, 1.82) is 0 Å². The van der Waals surface area contributed by atoms with Crippen molar-refractivity contribution in [2.75, 3.05) is 54.1 Å². The minimum absolute atomic E-state index is 0.510. The first-order valence-corrected chi connectivity index (χ1v) is 5.11. The molecule has 0 amide bonds. The fourth-order valence-electron chi connectivity index (χ4n) is 1.23. The minimum Gasteiger partial charge on any atom is -0.382 e. The van der Waals surface area contributed by atoms with E-state index >= 15 is 0 Å². The van der Waals surface area contributed by atoms with Gasteiger partial charge < -0.3 is 19.7 Å². The predicted octanol–water partition coefficient (Wildman–Crippen LogP) is 0.189. The summed E-state index contributed by atoms with van der Waals surface area (Å²) in [5, 5.41) is 3.38.